The maximum absolute atomic E-state index is 10.5. The molecule has 1 atom stereocenters. The van der Waals surface area contributed by atoms with Crippen LogP contribution in [0.15, 0.2) is 0 Å². The van der Waals surface area contributed by atoms with E-state index >= 15 is 0 Å². The number of carboxylic acid groups (broad SMARTS) is 1. The highest BCUT2D eigenvalue weighted by Gasteiger charge is 2.19. The minimum atomic E-state index is -1.19. The van der Waals surface area contributed by atoms with Crippen LogP contribution in [-0.2, 0) is 14.4 Å². The minimum absolute atomic E-state index is 0.172. The summed E-state index contributed by atoms with van der Waals surface area (Å²) in [6.45, 7) is 2.48. The van der Waals surface area contributed by atoms with Gasteiger partial charge in [-0.25, -0.2) is 4.79 Å². The number of carbonyl (C=O) groups excluding carboxylic acids is 2. The highest BCUT2D eigenvalue weighted by atomic mass is 16.4. The summed E-state index contributed by atoms with van der Waals surface area (Å²) >= 11 is 0. The Labute approximate surface area is 69.8 Å². The first-order valence-corrected chi connectivity index (χ1v) is 3.43. The lowest BCUT2D eigenvalue weighted by atomic mass is 10.1. The van der Waals surface area contributed by atoms with Gasteiger partial charge in [-0.2, -0.15) is 0 Å². The molecule has 0 radical (unpaired) electrons. The summed E-state index contributed by atoms with van der Waals surface area (Å²) in [7, 11) is 0. The number of carboxylic acids is 1. The maximum atomic E-state index is 10.5. The first kappa shape index (κ1) is 10.6. The van der Waals surface area contributed by atoms with Crippen molar-refractivity contribution in [1.82, 2.24) is 5.32 Å². The molecule has 12 heavy (non-hydrogen) atoms. The fourth-order valence-electron chi connectivity index (χ4n) is 0.733. The minimum Gasteiger partial charge on any atom is -0.480 e. The van der Waals surface area contributed by atoms with Crippen molar-refractivity contribution in [2.45, 2.75) is 26.3 Å². The van der Waals surface area contributed by atoms with Crippen LogP contribution in [0, 0.1) is 0 Å². The van der Waals surface area contributed by atoms with Gasteiger partial charge in [0.25, 0.3) is 0 Å². The Bertz CT molecular complexity index is 195. The molecule has 0 aromatic heterocycles. The van der Waals surface area contributed by atoms with Crippen molar-refractivity contribution in [3.63, 3.8) is 0 Å². The van der Waals surface area contributed by atoms with E-state index in [1.54, 1.807) is 0 Å². The quantitative estimate of drug-likeness (QED) is 0.603. The van der Waals surface area contributed by atoms with Crippen LogP contribution in [0.3, 0.4) is 0 Å². The molecule has 68 valence electrons. The zero-order valence-corrected chi connectivity index (χ0v) is 6.96. The Kier molecular flexibility index (Phi) is 3.96. The molecule has 1 unspecified atom stereocenters. The van der Waals surface area contributed by atoms with E-state index in [2.05, 4.69) is 5.32 Å². The fourth-order valence-corrected chi connectivity index (χ4v) is 0.733. The Hall–Kier alpha value is -1.39. The monoisotopic (exact) mass is 173 g/mol. The van der Waals surface area contributed by atoms with E-state index in [4.69, 9.17) is 5.11 Å². The van der Waals surface area contributed by atoms with Crippen molar-refractivity contribution in [2.75, 3.05) is 0 Å². The Morgan fingerprint density at radius 3 is 2.08 bits per heavy atom. The summed E-state index contributed by atoms with van der Waals surface area (Å²) in [4.78, 5) is 31.4. The zero-order chi connectivity index (χ0) is 9.72. The van der Waals surface area contributed by atoms with Gasteiger partial charge >= 0.3 is 5.97 Å². The third-order valence-corrected chi connectivity index (χ3v) is 1.17. The van der Waals surface area contributed by atoms with Crippen molar-refractivity contribution in [2.24, 2.45) is 0 Å². The molecule has 0 aliphatic carbocycles. The van der Waals surface area contributed by atoms with Crippen molar-refractivity contribution < 1.29 is 19.5 Å². The molecular weight excluding hydrogens is 162 g/mol. The molecule has 5 nitrogen and oxygen atoms in total. The number of nitrogens with one attached hydrogen (secondary N) is 1. The Morgan fingerprint density at radius 1 is 1.33 bits per heavy atom. The van der Waals surface area contributed by atoms with Crippen molar-refractivity contribution in [3.05, 3.63) is 0 Å². The standard InChI is InChI=1S/C7H11NO4/c1-4(9)3-6(7(11)12)8-5(2)10/h6H,3H2,1-2H3,(H,8,10)(H,11,12). The van der Waals surface area contributed by atoms with Gasteiger partial charge in [-0.3, -0.25) is 9.59 Å². The van der Waals surface area contributed by atoms with Gasteiger partial charge < -0.3 is 10.4 Å². The molecule has 0 heterocycles. The van der Waals surface area contributed by atoms with Gasteiger partial charge in [0.05, 0.1) is 0 Å². The van der Waals surface area contributed by atoms with Crippen molar-refractivity contribution in [1.29, 1.82) is 0 Å². The van der Waals surface area contributed by atoms with Crippen LogP contribution in [-0.4, -0.2) is 28.8 Å². The molecule has 5 heteroatoms. The summed E-state index contributed by atoms with van der Waals surface area (Å²) in [5.74, 6) is -1.92. The summed E-state index contributed by atoms with van der Waals surface area (Å²) < 4.78 is 0. The van der Waals surface area contributed by atoms with Gasteiger partial charge in [0, 0.05) is 13.3 Å². The summed E-state index contributed by atoms with van der Waals surface area (Å²) in [5, 5.41) is 10.7. The smallest absolute Gasteiger partial charge is 0.326 e. The van der Waals surface area contributed by atoms with Crippen LogP contribution in [0.5, 0.6) is 0 Å². The molecule has 0 fully saturated rings. The largest absolute Gasteiger partial charge is 0.480 e. The second-order valence-electron chi connectivity index (χ2n) is 2.50. The molecular formula is C7H11NO4. The molecule has 0 spiro atoms. The molecule has 2 N–H and O–H groups in total. The van der Waals surface area contributed by atoms with E-state index < -0.39 is 17.9 Å². The lowest BCUT2D eigenvalue weighted by Crippen LogP contribution is -2.40. The van der Waals surface area contributed by atoms with Crippen LogP contribution in [0.25, 0.3) is 0 Å². The average molecular weight is 173 g/mol. The van der Waals surface area contributed by atoms with E-state index in [1.165, 1.54) is 13.8 Å². The molecule has 0 saturated carbocycles. The normalized spacial score (nSPS) is 11.8. The fraction of sp³-hybridized carbons (Fsp3) is 0.571. The summed E-state index contributed by atoms with van der Waals surface area (Å²) in [6, 6.07) is -1.10. The van der Waals surface area contributed by atoms with E-state index in [1.807, 2.05) is 0 Å². The predicted molar refractivity (Wildman–Crippen MR) is 40.5 cm³/mol. The molecule has 0 saturated heterocycles. The van der Waals surface area contributed by atoms with E-state index in [9.17, 15) is 14.4 Å². The topological polar surface area (TPSA) is 83.5 Å². The van der Waals surface area contributed by atoms with Crippen LogP contribution in [0.4, 0.5) is 0 Å². The lowest BCUT2D eigenvalue weighted by molar-refractivity contribution is -0.143. The number of ketones is 1. The number of hydrogen-bond acceptors (Lipinski definition) is 3. The highest BCUT2D eigenvalue weighted by Crippen LogP contribution is 1.93. The van der Waals surface area contributed by atoms with Crippen LogP contribution in [0.1, 0.15) is 20.3 Å². The van der Waals surface area contributed by atoms with Crippen molar-refractivity contribution >= 4 is 17.7 Å². The van der Waals surface area contributed by atoms with Crippen LogP contribution < -0.4 is 5.32 Å². The number of hydrogen-bond donors (Lipinski definition) is 2. The van der Waals surface area contributed by atoms with Gasteiger partial charge in [0.2, 0.25) is 5.91 Å². The van der Waals surface area contributed by atoms with Gasteiger partial charge in [-0.1, -0.05) is 0 Å². The Morgan fingerprint density at radius 2 is 1.83 bits per heavy atom. The van der Waals surface area contributed by atoms with E-state index in [0.717, 1.165) is 0 Å². The molecule has 0 aromatic carbocycles. The predicted octanol–water partition coefficient (Wildman–Crippen LogP) is -0.445. The first-order valence-electron chi connectivity index (χ1n) is 3.43. The van der Waals surface area contributed by atoms with E-state index in [-0.39, 0.29) is 12.2 Å². The molecule has 0 aliphatic rings. The van der Waals surface area contributed by atoms with E-state index in [0.29, 0.717) is 0 Å². The van der Waals surface area contributed by atoms with Crippen LogP contribution >= 0.6 is 0 Å². The van der Waals surface area contributed by atoms with Crippen LogP contribution in [0.2, 0.25) is 0 Å². The molecule has 0 aromatic rings. The number of Topliss-reactive ketones (excluding diaryl/α,β-unsaturated/α-hetero) is 1. The third kappa shape index (κ3) is 4.43. The average Bonchev–Trinajstić information content (AvgIpc) is 1.83. The lowest BCUT2D eigenvalue weighted by Gasteiger charge is -2.10. The second kappa shape index (κ2) is 4.48. The number of rotatable bonds is 4. The number of carbonyl (C=O) groups is 3. The van der Waals surface area contributed by atoms with Gasteiger partial charge in [0.1, 0.15) is 11.8 Å². The first-order chi connectivity index (χ1) is 5.43. The van der Waals surface area contributed by atoms with Gasteiger partial charge in [0.15, 0.2) is 0 Å². The highest BCUT2D eigenvalue weighted by molar-refractivity contribution is 5.87. The van der Waals surface area contributed by atoms with Crippen molar-refractivity contribution in [3.8, 4) is 0 Å². The third-order valence-electron chi connectivity index (χ3n) is 1.17. The van der Waals surface area contributed by atoms with Gasteiger partial charge in [-0.05, 0) is 6.92 Å². The summed E-state index contributed by atoms with van der Waals surface area (Å²) in [6.07, 6.45) is -0.172. The Balaban J connectivity index is 4.14. The molecule has 0 bridgehead atoms. The zero-order valence-electron chi connectivity index (χ0n) is 6.96. The van der Waals surface area contributed by atoms with Gasteiger partial charge in [-0.15, -0.1) is 0 Å². The number of aliphatic carboxylic acids is 1. The summed E-state index contributed by atoms with van der Waals surface area (Å²) in [5.41, 5.74) is 0. The molecule has 0 aliphatic heterocycles. The maximum Gasteiger partial charge on any atom is 0.326 e. The molecule has 1 amide bonds. The molecule has 0 rings (SSSR count). The number of amides is 1. The second-order valence-corrected chi connectivity index (χ2v) is 2.50. The SMILES string of the molecule is CC(=O)CC(NC(C)=O)C(=O)O.